The number of rotatable bonds is 2. The molecule has 110 valence electrons. The number of esters is 1. The van der Waals surface area contributed by atoms with Gasteiger partial charge in [0.05, 0.1) is 5.39 Å². The van der Waals surface area contributed by atoms with E-state index in [4.69, 9.17) is 10.2 Å². The molecule has 2 heterocycles. The van der Waals surface area contributed by atoms with Gasteiger partial charge in [-0.3, -0.25) is 0 Å². The SMILES string of the molecule is NC(=O)OC(=O)c1c(-c2ccc(F)cc2)oc2ncccc12. The fourth-order valence-electron chi connectivity index (χ4n) is 2.08. The summed E-state index contributed by atoms with van der Waals surface area (Å²) in [6.07, 6.45) is 0.261. The third kappa shape index (κ3) is 2.39. The second-order valence-corrected chi connectivity index (χ2v) is 4.38. The molecule has 0 bridgehead atoms. The standard InChI is InChI=1S/C15H9FN2O4/c16-9-5-3-8(4-6-9)12-11(14(19)22-15(17)20)10-2-1-7-18-13(10)21-12/h1-7H,(H2,17,20). The van der Waals surface area contributed by atoms with E-state index in [2.05, 4.69) is 9.72 Å². The number of carbonyl (C=O) groups is 2. The molecule has 0 aliphatic rings. The number of fused-ring (bicyclic) bond motifs is 1. The normalized spacial score (nSPS) is 10.6. The second kappa shape index (κ2) is 5.28. The van der Waals surface area contributed by atoms with Crippen LogP contribution in [0.1, 0.15) is 10.4 Å². The van der Waals surface area contributed by atoms with Crippen molar-refractivity contribution < 1.29 is 23.1 Å². The molecule has 2 N–H and O–H groups in total. The molecule has 0 aliphatic heterocycles. The summed E-state index contributed by atoms with van der Waals surface area (Å²) in [5, 5.41) is 0.369. The number of benzene rings is 1. The number of halogens is 1. The van der Waals surface area contributed by atoms with Crippen molar-refractivity contribution in [2.24, 2.45) is 5.73 Å². The molecule has 7 heteroatoms. The number of furan rings is 1. The van der Waals surface area contributed by atoms with Crippen molar-refractivity contribution in [1.29, 1.82) is 0 Å². The molecule has 22 heavy (non-hydrogen) atoms. The smallest absolute Gasteiger partial charge is 0.412 e. The van der Waals surface area contributed by atoms with Crippen molar-refractivity contribution in [2.45, 2.75) is 0 Å². The molecular weight excluding hydrogens is 291 g/mol. The summed E-state index contributed by atoms with van der Waals surface area (Å²) in [7, 11) is 0. The molecule has 3 rings (SSSR count). The zero-order valence-electron chi connectivity index (χ0n) is 11.1. The minimum absolute atomic E-state index is 0.00788. The van der Waals surface area contributed by atoms with E-state index in [1.54, 1.807) is 12.1 Å². The Labute approximate surface area is 123 Å². The van der Waals surface area contributed by atoms with E-state index in [1.807, 2.05) is 0 Å². The van der Waals surface area contributed by atoms with Crippen molar-refractivity contribution in [3.8, 4) is 11.3 Å². The number of primary amides is 1. The van der Waals surface area contributed by atoms with E-state index < -0.39 is 17.9 Å². The topological polar surface area (TPSA) is 95.4 Å². The first-order valence-corrected chi connectivity index (χ1v) is 6.21. The molecule has 0 fully saturated rings. The number of aromatic nitrogens is 1. The molecule has 0 aliphatic carbocycles. The van der Waals surface area contributed by atoms with E-state index in [0.717, 1.165) is 0 Å². The average molecular weight is 300 g/mol. The minimum atomic E-state index is -1.23. The first-order valence-electron chi connectivity index (χ1n) is 6.21. The summed E-state index contributed by atoms with van der Waals surface area (Å²) in [5.41, 5.74) is 5.52. The Kier molecular flexibility index (Phi) is 3.30. The summed E-state index contributed by atoms with van der Waals surface area (Å²) in [5.74, 6) is -1.27. The molecule has 0 spiro atoms. The molecule has 1 amide bonds. The van der Waals surface area contributed by atoms with E-state index in [9.17, 15) is 14.0 Å². The van der Waals surface area contributed by atoms with E-state index in [0.29, 0.717) is 10.9 Å². The maximum absolute atomic E-state index is 13.0. The van der Waals surface area contributed by atoms with Gasteiger partial charge in [0.15, 0.2) is 5.76 Å². The Bertz CT molecular complexity index is 871. The summed E-state index contributed by atoms with van der Waals surface area (Å²) in [4.78, 5) is 26.9. The zero-order chi connectivity index (χ0) is 15.7. The van der Waals surface area contributed by atoms with Gasteiger partial charge in [-0.1, -0.05) is 0 Å². The molecule has 0 atom stereocenters. The van der Waals surface area contributed by atoms with Crippen LogP contribution in [0.4, 0.5) is 9.18 Å². The predicted molar refractivity (Wildman–Crippen MR) is 74.4 cm³/mol. The highest BCUT2D eigenvalue weighted by molar-refractivity contribution is 6.10. The first-order chi connectivity index (χ1) is 10.6. The predicted octanol–water partition coefficient (Wildman–Crippen LogP) is 2.87. The molecule has 6 nitrogen and oxygen atoms in total. The number of nitrogens with two attached hydrogens (primary N) is 1. The second-order valence-electron chi connectivity index (χ2n) is 4.38. The van der Waals surface area contributed by atoms with Gasteiger partial charge < -0.3 is 14.9 Å². The lowest BCUT2D eigenvalue weighted by atomic mass is 10.1. The Morgan fingerprint density at radius 1 is 1.18 bits per heavy atom. The van der Waals surface area contributed by atoms with Crippen LogP contribution in [0.5, 0.6) is 0 Å². The fraction of sp³-hybridized carbons (Fsp3) is 0. The molecule has 2 aromatic heterocycles. The van der Waals surface area contributed by atoms with Gasteiger partial charge in [-0.05, 0) is 36.4 Å². The maximum Gasteiger partial charge on any atom is 0.412 e. The average Bonchev–Trinajstić information content (AvgIpc) is 2.86. The molecule has 0 radical (unpaired) electrons. The van der Waals surface area contributed by atoms with Crippen LogP contribution < -0.4 is 5.73 Å². The van der Waals surface area contributed by atoms with E-state index >= 15 is 0 Å². The molecule has 1 aromatic carbocycles. The van der Waals surface area contributed by atoms with Gasteiger partial charge in [-0.25, -0.2) is 19.0 Å². The number of pyridine rings is 1. The molecule has 0 unspecified atom stereocenters. The number of nitrogens with zero attached hydrogens (tertiary/aromatic N) is 1. The molecule has 0 saturated heterocycles. The Balaban J connectivity index is 2.22. The van der Waals surface area contributed by atoms with Crippen LogP contribution in [0.15, 0.2) is 47.0 Å². The number of hydrogen-bond acceptors (Lipinski definition) is 5. The van der Waals surface area contributed by atoms with Crippen LogP contribution >= 0.6 is 0 Å². The van der Waals surface area contributed by atoms with Crippen molar-refractivity contribution in [3.05, 3.63) is 54.0 Å². The summed E-state index contributed by atoms with van der Waals surface area (Å²) in [6.45, 7) is 0. The Morgan fingerprint density at radius 3 is 2.59 bits per heavy atom. The van der Waals surface area contributed by atoms with Crippen LogP contribution in [0.3, 0.4) is 0 Å². The van der Waals surface area contributed by atoms with Gasteiger partial charge in [0, 0.05) is 11.8 Å². The van der Waals surface area contributed by atoms with Gasteiger partial charge >= 0.3 is 12.1 Å². The van der Waals surface area contributed by atoms with Gasteiger partial charge in [0.2, 0.25) is 5.71 Å². The maximum atomic E-state index is 13.0. The fourth-order valence-corrected chi connectivity index (χ4v) is 2.08. The Hall–Kier alpha value is -3.22. The van der Waals surface area contributed by atoms with Crippen molar-refractivity contribution >= 4 is 23.2 Å². The highest BCUT2D eigenvalue weighted by atomic mass is 19.1. The van der Waals surface area contributed by atoms with Crippen molar-refractivity contribution in [2.75, 3.05) is 0 Å². The van der Waals surface area contributed by atoms with Gasteiger partial charge in [-0.2, -0.15) is 0 Å². The lowest BCUT2D eigenvalue weighted by Gasteiger charge is -2.02. The van der Waals surface area contributed by atoms with Gasteiger partial charge in [0.25, 0.3) is 0 Å². The number of ether oxygens (including phenoxy) is 1. The van der Waals surface area contributed by atoms with Crippen molar-refractivity contribution in [3.63, 3.8) is 0 Å². The molecular formula is C15H9FN2O4. The molecule has 0 saturated carbocycles. The van der Waals surface area contributed by atoms with Gasteiger partial charge in [0.1, 0.15) is 11.4 Å². The van der Waals surface area contributed by atoms with Crippen LogP contribution in [-0.2, 0) is 4.74 Å². The van der Waals surface area contributed by atoms with E-state index in [-0.39, 0.29) is 17.0 Å². The van der Waals surface area contributed by atoms with Crippen LogP contribution in [0.25, 0.3) is 22.4 Å². The highest BCUT2D eigenvalue weighted by Gasteiger charge is 2.25. The number of amides is 1. The van der Waals surface area contributed by atoms with Crippen LogP contribution in [0.2, 0.25) is 0 Å². The first kappa shape index (κ1) is 13.7. The summed E-state index contributed by atoms with van der Waals surface area (Å²) >= 11 is 0. The lowest BCUT2D eigenvalue weighted by Crippen LogP contribution is -2.18. The van der Waals surface area contributed by atoms with Crippen LogP contribution in [-0.4, -0.2) is 17.0 Å². The zero-order valence-corrected chi connectivity index (χ0v) is 11.1. The van der Waals surface area contributed by atoms with Crippen molar-refractivity contribution in [1.82, 2.24) is 4.98 Å². The number of carbonyl (C=O) groups excluding carboxylic acids is 2. The lowest BCUT2D eigenvalue weighted by molar-refractivity contribution is 0.0640. The molecule has 3 aromatic rings. The summed E-state index contributed by atoms with van der Waals surface area (Å²) < 4.78 is 23.0. The minimum Gasteiger partial charge on any atom is -0.437 e. The third-order valence-electron chi connectivity index (χ3n) is 2.97. The van der Waals surface area contributed by atoms with Gasteiger partial charge in [-0.15, -0.1) is 0 Å². The van der Waals surface area contributed by atoms with E-state index in [1.165, 1.54) is 30.5 Å². The van der Waals surface area contributed by atoms with Crippen LogP contribution in [0, 0.1) is 5.82 Å². The third-order valence-corrected chi connectivity index (χ3v) is 2.97. The largest absolute Gasteiger partial charge is 0.437 e. The summed E-state index contributed by atoms with van der Waals surface area (Å²) in [6, 6.07) is 8.52. The number of hydrogen-bond donors (Lipinski definition) is 1. The quantitative estimate of drug-likeness (QED) is 0.580. The highest BCUT2D eigenvalue weighted by Crippen LogP contribution is 2.33. The Morgan fingerprint density at radius 2 is 1.91 bits per heavy atom. The monoisotopic (exact) mass is 300 g/mol.